The zero-order valence-electron chi connectivity index (χ0n) is 12.9. The van der Waals surface area contributed by atoms with E-state index in [2.05, 4.69) is 42.8 Å². The molecule has 1 aromatic heterocycles. The molecule has 1 atom stereocenters. The molecule has 0 saturated carbocycles. The summed E-state index contributed by atoms with van der Waals surface area (Å²) in [5.74, 6) is 0. The van der Waals surface area contributed by atoms with Crippen LogP contribution in [0.15, 0.2) is 18.3 Å². The lowest BCUT2D eigenvalue weighted by atomic mass is 10.0. The van der Waals surface area contributed by atoms with E-state index >= 15 is 0 Å². The van der Waals surface area contributed by atoms with Crippen LogP contribution in [0.25, 0.3) is 0 Å². The average molecular weight is 263 g/mol. The lowest BCUT2D eigenvalue weighted by molar-refractivity contribution is 0.153. The van der Waals surface area contributed by atoms with E-state index in [0.717, 1.165) is 12.2 Å². The molecule has 1 unspecified atom stereocenters. The fourth-order valence-electron chi connectivity index (χ4n) is 2.46. The summed E-state index contributed by atoms with van der Waals surface area (Å²) in [4.78, 5) is 6.91. The number of rotatable bonds is 8. The van der Waals surface area contributed by atoms with Gasteiger partial charge in [-0.1, -0.05) is 25.8 Å². The third kappa shape index (κ3) is 4.92. The minimum absolute atomic E-state index is 0.282. The summed E-state index contributed by atoms with van der Waals surface area (Å²) in [7, 11) is 0. The normalized spacial score (nSPS) is 13.2. The topological polar surface area (TPSA) is 42.1 Å². The molecule has 3 heteroatoms. The third-order valence-corrected chi connectivity index (χ3v) is 3.63. The van der Waals surface area contributed by atoms with Crippen LogP contribution in [0.4, 0.5) is 0 Å². The molecule has 0 aromatic carbocycles. The fraction of sp³-hybridized carbons (Fsp3) is 0.688. The number of hydrogen-bond donors (Lipinski definition) is 1. The van der Waals surface area contributed by atoms with Crippen molar-refractivity contribution in [3.63, 3.8) is 0 Å². The van der Waals surface area contributed by atoms with Gasteiger partial charge in [0.05, 0.1) is 0 Å². The smallest absolute Gasteiger partial charge is 0.0488 e. The van der Waals surface area contributed by atoms with Crippen molar-refractivity contribution in [3.05, 3.63) is 29.6 Å². The van der Waals surface area contributed by atoms with Gasteiger partial charge >= 0.3 is 0 Å². The molecule has 1 rings (SSSR count). The average Bonchev–Trinajstić information content (AvgIpc) is 2.39. The highest BCUT2D eigenvalue weighted by molar-refractivity contribution is 5.18. The van der Waals surface area contributed by atoms with Gasteiger partial charge in [-0.05, 0) is 45.4 Å². The number of nitrogens with two attached hydrogens (primary N) is 1. The van der Waals surface area contributed by atoms with E-state index in [9.17, 15) is 0 Å². The summed E-state index contributed by atoms with van der Waals surface area (Å²) in [6.45, 7) is 10.5. The van der Waals surface area contributed by atoms with E-state index in [1.165, 1.54) is 24.8 Å². The highest BCUT2D eigenvalue weighted by Gasteiger charge is 2.21. The number of nitrogens with zero attached hydrogens (tertiary/aromatic N) is 2. The Hall–Kier alpha value is -0.930. The zero-order valence-corrected chi connectivity index (χ0v) is 12.9. The largest absolute Gasteiger partial charge is 0.329 e. The van der Waals surface area contributed by atoms with E-state index < -0.39 is 0 Å². The van der Waals surface area contributed by atoms with Gasteiger partial charge in [-0.15, -0.1) is 0 Å². The summed E-state index contributed by atoms with van der Waals surface area (Å²) < 4.78 is 0. The molecule has 0 amide bonds. The van der Waals surface area contributed by atoms with Gasteiger partial charge in [-0.3, -0.25) is 9.88 Å². The van der Waals surface area contributed by atoms with Crippen LogP contribution in [0.1, 0.15) is 57.3 Å². The van der Waals surface area contributed by atoms with E-state index in [-0.39, 0.29) is 6.04 Å². The minimum atomic E-state index is 0.282. The molecule has 108 valence electrons. The van der Waals surface area contributed by atoms with Crippen LogP contribution in [0.2, 0.25) is 0 Å². The van der Waals surface area contributed by atoms with Crippen molar-refractivity contribution in [2.45, 2.75) is 59.0 Å². The molecule has 0 aliphatic carbocycles. The Morgan fingerprint density at radius 3 is 2.47 bits per heavy atom. The van der Waals surface area contributed by atoms with Crippen LogP contribution < -0.4 is 5.73 Å². The molecule has 0 bridgehead atoms. The lowest BCUT2D eigenvalue weighted by Gasteiger charge is -2.34. The molecule has 0 aliphatic heterocycles. The SMILES string of the molecule is CCCCCN(C(C)C)C(CN)c1ccc(C)nc1. The predicted molar refractivity (Wildman–Crippen MR) is 82.1 cm³/mol. The second kappa shape index (κ2) is 8.28. The van der Waals surface area contributed by atoms with Crippen molar-refractivity contribution in [1.82, 2.24) is 9.88 Å². The Morgan fingerprint density at radius 2 is 2.00 bits per heavy atom. The van der Waals surface area contributed by atoms with Crippen molar-refractivity contribution in [2.75, 3.05) is 13.1 Å². The van der Waals surface area contributed by atoms with Crippen molar-refractivity contribution in [3.8, 4) is 0 Å². The monoisotopic (exact) mass is 263 g/mol. The van der Waals surface area contributed by atoms with Crippen molar-refractivity contribution in [1.29, 1.82) is 0 Å². The molecule has 0 fully saturated rings. The predicted octanol–water partition coefficient (Wildman–Crippen LogP) is 3.29. The van der Waals surface area contributed by atoms with Crippen molar-refractivity contribution in [2.24, 2.45) is 5.73 Å². The van der Waals surface area contributed by atoms with Crippen LogP contribution >= 0.6 is 0 Å². The van der Waals surface area contributed by atoms with Crippen molar-refractivity contribution >= 4 is 0 Å². The molecule has 1 heterocycles. The molecule has 0 spiro atoms. The number of hydrogen-bond acceptors (Lipinski definition) is 3. The molecule has 0 saturated heterocycles. The quantitative estimate of drug-likeness (QED) is 0.732. The molecule has 0 radical (unpaired) electrons. The molecule has 1 aromatic rings. The Labute approximate surface area is 118 Å². The van der Waals surface area contributed by atoms with Crippen LogP contribution in [-0.2, 0) is 0 Å². The summed E-state index contributed by atoms with van der Waals surface area (Å²) in [5, 5.41) is 0. The number of unbranched alkanes of at least 4 members (excludes halogenated alkanes) is 2. The summed E-state index contributed by atoms with van der Waals surface area (Å²) in [6, 6.07) is 5.02. The van der Waals surface area contributed by atoms with Gasteiger partial charge < -0.3 is 5.73 Å². The molecule has 2 N–H and O–H groups in total. The lowest BCUT2D eigenvalue weighted by Crippen LogP contribution is -2.39. The molecule has 3 nitrogen and oxygen atoms in total. The van der Waals surface area contributed by atoms with Crippen LogP contribution in [0, 0.1) is 6.92 Å². The van der Waals surface area contributed by atoms with Gasteiger partial charge in [0, 0.05) is 30.5 Å². The molecule has 19 heavy (non-hydrogen) atoms. The van der Waals surface area contributed by atoms with Gasteiger partial charge in [0.25, 0.3) is 0 Å². The summed E-state index contributed by atoms with van der Waals surface area (Å²) in [6.07, 6.45) is 5.75. The maximum absolute atomic E-state index is 6.02. The Balaban J connectivity index is 2.80. The maximum atomic E-state index is 6.02. The summed E-state index contributed by atoms with van der Waals surface area (Å²) >= 11 is 0. The second-order valence-electron chi connectivity index (χ2n) is 5.52. The minimum Gasteiger partial charge on any atom is -0.329 e. The van der Waals surface area contributed by atoms with Gasteiger partial charge in [0.2, 0.25) is 0 Å². The standard InChI is InChI=1S/C16H29N3/c1-5-6-7-10-19(13(2)3)16(11-17)15-9-8-14(4)18-12-15/h8-9,12-13,16H,5-7,10-11,17H2,1-4H3. The van der Waals surface area contributed by atoms with Gasteiger partial charge in [-0.2, -0.15) is 0 Å². The number of aromatic nitrogens is 1. The van der Waals surface area contributed by atoms with Gasteiger partial charge in [0.1, 0.15) is 0 Å². The molecule has 0 aliphatic rings. The number of pyridine rings is 1. The van der Waals surface area contributed by atoms with Crippen LogP contribution in [-0.4, -0.2) is 29.0 Å². The first-order chi connectivity index (χ1) is 9.10. The Morgan fingerprint density at radius 1 is 1.26 bits per heavy atom. The highest BCUT2D eigenvalue weighted by Crippen LogP contribution is 2.22. The van der Waals surface area contributed by atoms with Crippen LogP contribution in [0.3, 0.4) is 0 Å². The van der Waals surface area contributed by atoms with E-state index in [4.69, 9.17) is 5.73 Å². The Bertz CT molecular complexity index is 346. The highest BCUT2D eigenvalue weighted by atomic mass is 15.2. The molecular formula is C16H29N3. The Kier molecular flexibility index (Phi) is 7.03. The van der Waals surface area contributed by atoms with E-state index in [1.807, 2.05) is 13.1 Å². The van der Waals surface area contributed by atoms with E-state index in [1.54, 1.807) is 0 Å². The maximum Gasteiger partial charge on any atom is 0.0488 e. The summed E-state index contributed by atoms with van der Waals surface area (Å²) in [5.41, 5.74) is 8.31. The van der Waals surface area contributed by atoms with Gasteiger partial charge in [0.15, 0.2) is 0 Å². The zero-order chi connectivity index (χ0) is 14.3. The first kappa shape index (κ1) is 16.1. The molecular weight excluding hydrogens is 234 g/mol. The fourth-order valence-corrected chi connectivity index (χ4v) is 2.46. The number of aryl methyl sites for hydroxylation is 1. The first-order valence-corrected chi connectivity index (χ1v) is 7.48. The second-order valence-corrected chi connectivity index (χ2v) is 5.52. The third-order valence-electron chi connectivity index (χ3n) is 3.63. The van der Waals surface area contributed by atoms with Crippen molar-refractivity contribution < 1.29 is 0 Å². The first-order valence-electron chi connectivity index (χ1n) is 7.48. The van der Waals surface area contributed by atoms with Crippen LogP contribution in [0.5, 0.6) is 0 Å². The van der Waals surface area contributed by atoms with E-state index in [0.29, 0.717) is 12.6 Å². The van der Waals surface area contributed by atoms with Gasteiger partial charge in [-0.25, -0.2) is 0 Å².